The van der Waals surface area contributed by atoms with Crippen LogP contribution in [0.15, 0.2) is 71.3 Å². The Morgan fingerprint density at radius 1 is 0.852 bits per heavy atom. The first-order chi connectivity index (χ1) is 13.3. The van der Waals surface area contributed by atoms with Gasteiger partial charge in [0.2, 0.25) is 5.28 Å². The SMILES string of the molecule is Clc1ncc2oc3ccc(-c4cccc5c4sc4ccccc45)cc3c2n1. The second kappa shape index (κ2) is 5.52. The van der Waals surface area contributed by atoms with Gasteiger partial charge in [0.1, 0.15) is 11.1 Å². The smallest absolute Gasteiger partial charge is 0.223 e. The van der Waals surface area contributed by atoms with Crippen molar-refractivity contribution < 1.29 is 4.42 Å². The third-order valence-electron chi connectivity index (χ3n) is 4.90. The Balaban J connectivity index is 1.67. The second-order valence-corrected chi connectivity index (χ2v) is 7.84. The van der Waals surface area contributed by atoms with Gasteiger partial charge in [-0.1, -0.05) is 42.5 Å². The maximum absolute atomic E-state index is 5.99. The van der Waals surface area contributed by atoms with Gasteiger partial charge in [-0.05, 0) is 40.9 Å². The van der Waals surface area contributed by atoms with Gasteiger partial charge < -0.3 is 4.42 Å². The third kappa shape index (κ3) is 2.21. The molecule has 0 radical (unpaired) electrons. The van der Waals surface area contributed by atoms with Gasteiger partial charge >= 0.3 is 0 Å². The van der Waals surface area contributed by atoms with Crippen LogP contribution in [-0.4, -0.2) is 9.97 Å². The van der Waals surface area contributed by atoms with E-state index < -0.39 is 0 Å². The maximum atomic E-state index is 5.99. The van der Waals surface area contributed by atoms with Crippen LogP contribution >= 0.6 is 22.9 Å². The monoisotopic (exact) mass is 386 g/mol. The van der Waals surface area contributed by atoms with E-state index in [1.807, 2.05) is 17.4 Å². The van der Waals surface area contributed by atoms with Crippen LogP contribution in [0, 0.1) is 0 Å². The van der Waals surface area contributed by atoms with Gasteiger partial charge in [0, 0.05) is 25.6 Å². The highest BCUT2D eigenvalue weighted by molar-refractivity contribution is 7.26. The number of nitrogens with zero attached hydrogens (tertiary/aromatic N) is 2. The van der Waals surface area contributed by atoms with Crippen LogP contribution in [0.4, 0.5) is 0 Å². The van der Waals surface area contributed by atoms with E-state index in [4.69, 9.17) is 16.0 Å². The van der Waals surface area contributed by atoms with E-state index in [0.717, 1.165) is 22.0 Å². The van der Waals surface area contributed by atoms with Crippen molar-refractivity contribution in [2.75, 3.05) is 0 Å². The number of rotatable bonds is 1. The zero-order valence-corrected chi connectivity index (χ0v) is 15.5. The fraction of sp³-hybridized carbons (Fsp3) is 0. The number of aromatic nitrogens is 2. The predicted molar refractivity (Wildman–Crippen MR) is 113 cm³/mol. The van der Waals surface area contributed by atoms with Crippen LogP contribution in [0.1, 0.15) is 0 Å². The molecule has 3 nitrogen and oxygen atoms in total. The lowest BCUT2D eigenvalue weighted by atomic mass is 10.0. The first-order valence-electron chi connectivity index (χ1n) is 8.53. The molecule has 0 aliphatic heterocycles. The Morgan fingerprint density at radius 3 is 2.70 bits per heavy atom. The number of hydrogen-bond acceptors (Lipinski definition) is 4. The summed E-state index contributed by atoms with van der Waals surface area (Å²) in [5.74, 6) is 0. The lowest BCUT2D eigenvalue weighted by molar-refractivity contribution is 0.666. The summed E-state index contributed by atoms with van der Waals surface area (Å²) < 4.78 is 8.44. The molecule has 0 fully saturated rings. The van der Waals surface area contributed by atoms with Crippen molar-refractivity contribution in [1.82, 2.24) is 9.97 Å². The van der Waals surface area contributed by atoms with E-state index in [-0.39, 0.29) is 5.28 Å². The summed E-state index contributed by atoms with van der Waals surface area (Å²) in [5, 5.41) is 3.76. The van der Waals surface area contributed by atoms with Gasteiger partial charge in [0.05, 0.1) is 6.20 Å². The molecular formula is C22H11ClN2OS. The van der Waals surface area contributed by atoms with Crippen molar-refractivity contribution in [1.29, 1.82) is 0 Å². The summed E-state index contributed by atoms with van der Waals surface area (Å²) in [6.07, 6.45) is 1.62. The summed E-state index contributed by atoms with van der Waals surface area (Å²) in [4.78, 5) is 8.37. The number of hydrogen-bond donors (Lipinski definition) is 0. The fourth-order valence-corrected chi connectivity index (χ4v) is 5.05. The van der Waals surface area contributed by atoms with Gasteiger partial charge in [0.15, 0.2) is 5.58 Å². The average Bonchev–Trinajstić information content (AvgIpc) is 3.25. The van der Waals surface area contributed by atoms with Crippen molar-refractivity contribution in [3.63, 3.8) is 0 Å². The van der Waals surface area contributed by atoms with E-state index in [9.17, 15) is 0 Å². The topological polar surface area (TPSA) is 38.9 Å². The van der Waals surface area contributed by atoms with Crippen LogP contribution in [0.5, 0.6) is 0 Å². The molecule has 3 aromatic heterocycles. The number of fused-ring (bicyclic) bond motifs is 6. The van der Waals surface area contributed by atoms with Gasteiger partial charge in [-0.25, -0.2) is 9.97 Å². The molecule has 0 N–H and O–H groups in total. The molecule has 0 bridgehead atoms. The second-order valence-electron chi connectivity index (χ2n) is 6.45. The van der Waals surface area contributed by atoms with Gasteiger partial charge in [-0.2, -0.15) is 0 Å². The summed E-state index contributed by atoms with van der Waals surface area (Å²) in [6, 6.07) is 21.2. The van der Waals surface area contributed by atoms with Crippen molar-refractivity contribution in [2.45, 2.75) is 0 Å². The standard InChI is InChI=1S/C22H11ClN2OS/c23-22-24-11-18-20(25-22)16-10-12(8-9-17(16)26-18)13-5-3-6-15-14-4-1-2-7-19(14)27-21(13)15/h1-11H. The van der Waals surface area contributed by atoms with E-state index in [0.29, 0.717) is 5.58 Å². The Morgan fingerprint density at radius 2 is 1.74 bits per heavy atom. The Bertz CT molecular complexity index is 1500. The normalized spacial score (nSPS) is 11.9. The molecule has 3 aromatic carbocycles. The molecule has 0 atom stereocenters. The highest BCUT2D eigenvalue weighted by Gasteiger charge is 2.14. The molecule has 6 rings (SSSR count). The lowest BCUT2D eigenvalue weighted by Crippen LogP contribution is -1.81. The maximum Gasteiger partial charge on any atom is 0.223 e. The van der Waals surface area contributed by atoms with Crippen LogP contribution in [-0.2, 0) is 0 Å². The molecule has 5 heteroatoms. The molecule has 27 heavy (non-hydrogen) atoms. The first kappa shape index (κ1) is 15.1. The quantitative estimate of drug-likeness (QED) is 0.284. The Labute approximate surface area is 162 Å². The molecule has 0 unspecified atom stereocenters. The number of halogens is 1. The van der Waals surface area contributed by atoms with Crippen molar-refractivity contribution in [3.05, 3.63) is 72.1 Å². The van der Waals surface area contributed by atoms with Crippen LogP contribution in [0.2, 0.25) is 5.28 Å². The predicted octanol–water partition coefficient (Wildman–Crippen LogP) is 7.06. The zero-order chi connectivity index (χ0) is 18.0. The molecule has 6 aromatic rings. The minimum absolute atomic E-state index is 0.224. The van der Waals surface area contributed by atoms with E-state index in [1.54, 1.807) is 6.20 Å². The molecule has 3 heterocycles. The first-order valence-corrected chi connectivity index (χ1v) is 9.73. The fourth-order valence-electron chi connectivity index (χ4n) is 3.68. The summed E-state index contributed by atoms with van der Waals surface area (Å²) in [5.41, 5.74) is 4.53. The molecule has 0 saturated heterocycles. The van der Waals surface area contributed by atoms with Crippen LogP contribution in [0.3, 0.4) is 0 Å². The van der Waals surface area contributed by atoms with Gasteiger partial charge in [-0.15, -0.1) is 11.3 Å². The Hall–Kier alpha value is -2.95. The summed E-state index contributed by atoms with van der Waals surface area (Å²) in [6.45, 7) is 0. The highest BCUT2D eigenvalue weighted by Crippen LogP contribution is 2.41. The molecular weight excluding hydrogens is 376 g/mol. The molecule has 0 saturated carbocycles. The number of furan rings is 1. The van der Waals surface area contributed by atoms with E-state index in [2.05, 4.69) is 64.6 Å². The molecule has 0 aliphatic carbocycles. The molecule has 0 spiro atoms. The van der Waals surface area contributed by atoms with Gasteiger partial charge in [0.25, 0.3) is 0 Å². The molecule has 0 amide bonds. The zero-order valence-electron chi connectivity index (χ0n) is 13.9. The van der Waals surface area contributed by atoms with Gasteiger partial charge in [-0.3, -0.25) is 0 Å². The average molecular weight is 387 g/mol. The van der Waals surface area contributed by atoms with E-state index in [1.165, 1.54) is 25.7 Å². The molecule has 128 valence electrons. The van der Waals surface area contributed by atoms with Crippen molar-refractivity contribution in [3.8, 4) is 11.1 Å². The molecule has 0 aliphatic rings. The number of benzene rings is 3. The summed E-state index contributed by atoms with van der Waals surface area (Å²) in [7, 11) is 0. The largest absolute Gasteiger partial charge is 0.453 e. The number of thiophene rings is 1. The van der Waals surface area contributed by atoms with E-state index >= 15 is 0 Å². The highest BCUT2D eigenvalue weighted by atomic mass is 35.5. The van der Waals surface area contributed by atoms with Crippen LogP contribution in [0.25, 0.3) is 53.4 Å². The third-order valence-corrected chi connectivity index (χ3v) is 6.30. The minimum atomic E-state index is 0.224. The van der Waals surface area contributed by atoms with Crippen molar-refractivity contribution in [2.24, 2.45) is 0 Å². The van der Waals surface area contributed by atoms with Crippen LogP contribution < -0.4 is 0 Å². The lowest BCUT2D eigenvalue weighted by Gasteiger charge is -2.04. The van der Waals surface area contributed by atoms with Crippen molar-refractivity contribution >= 4 is 65.2 Å². The minimum Gasteiger partial charge on any atom is -0.453 e. The Kier molecular flexibility index (Phi) is 3.10. The summed E-state index contributed by atoms with van der Waals surface area (Å²) >= 11 is 7.82.